The lowest BCUT2D eigenvalue weighted by Gasteiger charge is -2.57. The van der Waals surface area contributed by atoms with Gasteiger partial charge in [-0.05, 0) is 29.6 Å². The molecule has 2 saturated carbocycles. The van der Waals surface area contributed by atoms with Gasteiger partial charge in [0.15, 0.2) is 0 Å². The fourth-order valence-corrected chi connectivity index (χ4v) is 4.87. The van der Waals surface area contributed by atoms with Crippen molar-refractivity contribution in [3.63, 3.8) is 0 Å². The molecular weight excluding hydrogens is 284 g/mol. The Kier molecular flexibility index (Phi) is 4.37. The molecule has 2 rings (SSSR count). The molecule has 0 heterocycles. The summed E-state index contributed by atoms with van der Waals surface area (Å²) in [7, 11) is 2.56. The monoisotopic (exact) mass is 310 g/mol. The second kappa shape index (κ2) is 5.67. The van der Waals surface area contributed by atoms with Crippen molar-refractivity contribution in [2.45, 2.75) is 46.5 Å². The molecule has 124 valence electrons. The number of ketones is 1. The van der Waals surface area contributed by atoms with E-state index in [4.69, 9.17) is 9.47 Å². The number of carbonyl (C=O) groups excluding carboxylic acids is 3. The molecule has 2 aliphatic rings. The third kappa shape index (κ3) is 2.44. The number of fused-ring (bicyclic) bond motifs is 1. The van der Waals surface area contributed by atoms with E-state index in [1.165, 1.54) is 14.2 Å². The number of rotatable bonds is 2. The molecule has 2 fully saturated rings. The number of hydrogen-bond acceptors (Lipinski definition) is 5. The van der Waals surface area contributed by atoms with Gasteiger partial charge in [-0.25, -0.2) is 0 Å². The summed E-state index contributed by atoms with van der Waals surface area (Å²) in [5.74, 6) is -3.01. The highest BCUT2D eigenvalue weighted by Crippen LogP contribution is 2.60. The van der Waals surface area contributed by atoms with Crippen molar-refractivity contribution in [3.8, 4) is 0 Å². The van der Waals surface area contributed by atoms with Crippen LogP contribution in [0.1, 0.15) is 46.5 Å². The zero-order valence-corrected chi connectivity index (χ0v) is 14.1. The normalized spacial score (nSPS) is 37.1. The lowest BCUT2D eigenvalue weighted by Crippen LogP contribution is -2.58. The molecule has 0 bridgehead atoms. The van der Waals surface area contributed by atoms with E-state index in [0.717, 1.165) is 19.3 Å². The molecule has 0 aromatic rings. The largest absolute Gasteiger partial charge is 0.469 e. The smallest absolute Gasteiger partial charge is 0.317 e. The Morgan fingerprint density at radius 1 is 1.05 bits per heavy atom. The number of hydrogen-bond donors (Lipinski definition) is 0. The number of esters is 2. The molecule has 0 spiro atoms. The Hall–Kier alpha value is -1.39. The van der Waals surface area contributed by atoms with Crippen molar-refractivity contribution in [2.75, 3.05) is 14.2 Å². The minimum absolute atomic E-state index is 0.0317. The first kappa shape index (κ1) is 17.0. The van der Waals surface area contributed by atoms with Crippen LogP contribution in [-0.2, 0) is 23.9 Å². The summed E-state index contributed by atoms with van der Waals surface area (Å²) in [5.41, 5.74) is -0.447. The van der Waals surface area contributed by atoms with Crippen LogP contribution in [0.2, 0.25) is 0 Å². The molecular formula is C17H26O5. The topological polar surface area (TPSA) is 69.7 Å². The summed E-state index contributed by atoms with van der Waals surface area (Å²) < 4.78 is 9.74. The molecule has 0 amide bonds. The van der Waals surface area contributed by atoms with Crippen LogP contribution in [0, 0.1) is 28.6 Å². The van der Waals surface area contributed by atoms with Gasteiger partial charge < -0.3 is 9.47 Å². The maximum absolute atomic E-state index is 12.6. The molecule has 5 nitrogen and oxygen atoms in total. The molecule has 0 aromatic heterocycles. The number of methoxy groups -OCH3 is 2. The number of Topliss-reactive ketones (excluding diaryl/α,β-unsaturated/α-hetero) is 1. The van der Waals surface area contributed by atoms with Gasteiger partial charge >= 0.3 is 11.9 Å². The average molecular weight is 310 g/mol. The van der Waals surface area contributed by atoms with E-state index in [1.54, 1.807) is 0 Å². The summed E-state index contributed by atoms with van der Waals surface area (Å²) in [6, 6.07) is 0. The molecule has 5 heteroatoms. The van der Waals surface area contributed by atoms with E-state index < -0.39 is 29.2 Å². The van der Waals surface area contributed by atoms with E-state index >= 15 is 0 Å². The highest BCUT2D eigenvalue weighted by molar-refractivity contribution is 6.03. The van der Waals surface area contributed by atoms with Gasteiger partial charge in [-0.15, -0.1) is 0 Å². The molecule has 2 unspecified atom stereocenters. The summed E-state index contributed by atoms with van der Waals surface area (Å²) >= 11 is 0. The van der Waals surface area contributed by atoms with E-state index in [1.807, 2.05) is 6.92 Å². The van der Waals surface area contributed by atoms with Crippen LogP contribution >= 0.6 is 0 Å². The fraction of sp³-hybridized carbons (Fsp3) is 0.824. The number of ether oxygens (including phenoxy) is 2. The number of carbonyl (C=O) groups is 3. The predicted molar refractivity (Wildman–Crippen MR) is 79.9 cm³/mol. The van der Waals surface area contributed by atoms with E-state index in [0.29, 0.717) is 6.42 Å². The van der Waals surface area contributed by atoms with Gasteiger partial charge in [-0.3, -0.25) is 14.4 Å². The first-order valence-corrected chi connectivity index (χ1v) is 7.87. The van der Waals surface area contributed by atoms with E-state index in [9.17, 15) is 14.4 Å². The van der Waals surface area contributed by atoms with Crippen molar-refractivity contribution in [1.29, 1.82) is 0 Å². The molecule has 2 aliphatic carbocycles. The van der Waals surface area contributed by atoms with Gasteiger partial charge in [0.2, 0.25) is 0 Å². The lowest BCUT2D eigenvalue weighted by atomic mass is 9.46. The van der Waals surface area contributed by atoms with Gasteiger partial charge in [-0.1, -0.05) is 27.2 Å². The quantitative estimate of drug-likeness (QED) is 0.578. The van der Waals surface area contributed by atoms with Crippen molar-refractivity contribution in [1.82, 2.24) is 0 Å². The van der Waals surface area contributed by atoms with Crippen LogP contribution in [0.25, 0.3) is 0 Å². The highest BCUT2D eigenvalue weighted by atomic mass is 16.5. The Morgan fingerprint density at radius 3 is 2.18 bits per heavy atom. The van der Waals surface area contributed by atoms with Crippen molar-refractivity contribution in [2.24, 2.45) is 28.6 Å². The first-order valence-electron chi connectivity index (χ1n) is 7.87. The van der Waals surface area contributed by atoms with Gasteiger partial charge in [0.25, 0.3) is 0 Å². The van der Waals surface area contributed by atoms with Crippen LogP contribution < -0.4 is 0 Å². The lowest BCUT2D eigenvalue weighted by molar-refractivity contribution is -0.182. The Morgan fingerprint density at radius 2 is 1.64 bits per heavy atom. The molecule has 4 atom stereocenters. The van der Waals surface area contributed by atoms with Crippen LogP contribution in [0.4, 0.5) is 0 Å². The standard InChI is InChI=1S/C17H26O5/c1-16(2)7-6-8-17(3)11(16)9-10(18)12(14(19)21-4)13(17)15(20)22-5/h11-13H,6-9H2,1-5H3/t11-,12?,13?,17-/m0/s1. The van der Waals surface area contributed by atoms with Gasteiger partial charge in [0, 0.05) is 6.42 Å². The zero-order chi connectivity index (χ0) is 16.7. The second-order valence-electron chi connectivity index (χ2n) is 7.57. The summed E-state index contributed by atoms with van der Waals surface area (Å²) in [4.78, 5) is 37.2. The third-order valence-electron chi connectivity index (χ3n) is 5.98. The summed E-state index contributed by atoms with van der Waals surface area (Å²) in [5, 5.41) is 0. The fourth-order valence-electron chi connectivity index (χ4n) is 4.87. The SMILES string of the molecule is COC(=O)C1C(=O)C[C@H]2C(C)(C)CCC[C@]2(C)C1C(=O)OC. The molecule has 0 N–H and O–H groups in total. The maximum Gasteiger partial charge on any atom is 0.317 e. The van der Waals surface area contributed by atoms with Crippen LogP contribution in [0.5, 0.6) is 0 Å². The molecule has 0 radical (unpaired) electrons. The second-order valence-corrected chi connectivity index (χ2v) is 7.57. The van der Waals surface area contributed by atoms with E-state index in [2.05, 4.69) is 13.8 Å². The summed E-state index contributed by atoms with van der Waals surface area (Å²) in [6.07, 6.45) is 3.16. The van der Waals surface area contributed by atoms with Gasteiger partial charge in [0.05, 0.1) is 20.1 Å². The molecule has 0 aliphatic heterocycles. The Labute approximate surface area is 131 Å². The van der Waals surface area contributed by atoms with E-state index in [-0.39, 0.29) is 17.1 Å². The average Bonchev–Trinajstić information content (AvgIpc) is 2.46. The van der Waals surface area contributed by atoms with Crippen LogP contribution in [0.3, 0.4) is 0 Å². The Balaban J connectivity index is 2.53. The predicted octanol–water partition coefficient (Wildman–Crippen LogP) is 2.37. The molecule has 0 aromatic carbocycles. The molecule has 22 heavy (non-hydrogen) atoms. The van der Waals surface area contributed by atoms with Crippen LogP contribution in [0.15, 0.2) is 0 Å². The van der Waals surface area contributed by atoms with Crippen molar-refractivity contribution >= 4 is 17.7 Å². The zero-order valence-electron chi connectivity index (χ0n) is 14.1. The van der Waals surface area contributed by atoms with Gasteiger partial charge in [-0.2, -0.15) is 0 Å². The minimum Gasteiger partial charge on any atom is -0.469 e. The van der Waals surface area contributed by atoms with Crippen LogP contribution in [-0.4, -0.2) is 31.9 Å². The highest BCUT2D eigenvalue weighted by Gasteiger charge is 2.62. The third-order valence-corrected chi connectivity index (χ3v) is 5.98. The maximum atomic E-state index is 12.6. The van der Waals surface area contributed by atoms with Crippen molar-refractivity contribution in [3.05, 3.63) is 0 Å². The van der Waals surface area contributed by atoms with Crippen molar-refractivity contribution < 1.29 is 23.9 Å². The minimum atomic E-state index is -1.03. The summed E-state index contributed by atoms with van der Waals surface area (Å²) in [6.45, 7) is 6.33. The van der Waals surface area contributed by atoms with Gasteiger partial charge in [0.1, 0.15) is 11.7 Å². The first-order chi connectivity index (χ1) is 10.2. The molecule has 0 saturated heterocycles. The Bertz CT molecular complexity index is 495.